The lowest BCUT2D eigenvalue weighted by Crippen LogP contribution is -2.55. The average Bonchev–Trinajstić information content (AvgIpc) is 3.20. The number of hydrogen-bond donors (Lipinski definition) is 0. The predicted octanol–water partition coefficient (Wildman–Crippen LogP) is 10.3. The lowest BCUT2D eigenvalue weighted by molar-refractivity contribution is -0.0450. The van der Waals surface area contributed by atoms with Crippen molar-refractivity contribution in [1.29, 1.82) is 0 Å². The van der Waals surface area contributed by atoms with Crippen LogP contribution in [-0.2, 0) is 0 Å². The van der Waals surface area contributed by atoms with Crippen LogP contribution in [-0.4, -0.2) is 68.2 Å². The van der Waals surface area contributed by atoms with Crippen LogP contribution in [0.1, 0.15) is 96.5 Å². The Kier molecular flexibility index (Phi) is 9.44. The molecule has 0 N–H and O–H groups in total. The minimum absolute atomic E-state index is 0.217. The van der Waals surface area contributed by atoms with Crippen molar-refractivity contribution in [3.63, 3.8) is 0 Å². The second-order valence-electron chi connectivity index (χ2n) is 18.8. The average molecular weight is 775 g/mol. The van der Waals surface area contributed by atoms with Crippen LogP contribution in [0.5, 0.6) is 11.8 Å². The minimum Gasteiger partial charge on any atom is -0.466 e. The quantitative estimate of drug-likeness (QED) is 0.151. The van der Waals surface area contributed by atoms with Crippen molar-refractivity contribution in [1.82, 2.24) is 30.0 Å². The first kappa shape index (κ1) is 37.6. The van der Waals surface area contributed by atoms with E-state index in [1.54, 1.807) is 0 Å². The summed E-state index contributed by atoms with van der Waals surface area (Å²) in [5.74, 6) is 3.86. The molecule has 0 saturated carbocycles. The zero-order valence-electron chi connectivity index (χ0n) is 35.5. The van der Waals surface area contributed by atoms with Crippen LogP contribution in [0.2, 0.25) is 0 Å². The van der Waals surface area contributed by atoms with E-state index < -0.39 is 0 Å². The number of pyridine rings is 2. The van der Waals surface area contributed by atoms with E-state index in [1.165, 1.54) is 46.2 Å². The van der Waals surface area contributed by atoms with Gasteiger partial charge < -0.3 is 9.47 Å². The van der Waals surface area contributed by atoms with E-state index in [2.05, 4.69) is 126 Å². The second-order valence-corrected chi connectivity index (χ2v) is 18.8. The lowest BCUT2D eigenvalue weighted by Gasteiger charge is -2.51. The van der Waals surface area contributed by atoms with Crippen molar-refractivity contribution in [2.24, 2.45) is 23.7 Å². The first-order valence-electron chi connectivity index (χ1n) is 21.8. The molecule has 0 spiro atoms. The van der Waals surface area contributed by atoms with Gasteiger partial charge in [0.25, 0.3) is 0 Å². The van der Waals surface area contributed by atoms with Crippen molar-refractivity contribution >= 4 is 32.6 Å². The predicted molar refractivity (Wildman–Crippen MR) is 233 cm³/mol. The molecular formula is C50H58N6O2. The first-order valence-corrected chi connectivity index (χ1v) is 21.8. The van der Waals surface area contributed by atoms with Crippen LogP contribution >= 0.6 is 0 Å². The van der Waals surface area contributed by atoms with Crippen molar-refractivity contribution in [3.8, 4) is 11.8 Å². The zero-order chi connectivity index (χ0) is 40.0. The molecule has 6 unspecified atom stereocenters. The molecule has 6 fully saturated rings. The van der Waals surface area contributed by atoms with Gasteiger partial charge in [0.2, 0.25) is 11.8 Å². The van der Waals surface area contributed by atoms with Crippen LogP contribution in [0.25, 0.3) is 32.6 Å². The summed E-state index contributed by atoms with van der Waals surface area (Å²) < 4.78 is 14.8. The molecule has 6 aromatic rings. The third-order valence-corrected chi connectivity index (χ3v) is 14.6. The number of piperidine rings is 6. The van der Waals surface area contributed by atoms with Gasteiger partial charge in [0, 0.05) is 46.4 Å². The highest BCUT2D eigenvalue weighted by Gasteiger charge is 2.45. The molecule has 6 aliphatic heterocycles. The fourth-order valence-corrected chi connectivity index (χ4v) is 11.3. The first-order chi connectivity index (χ1) is 28.0. The highest BCUT2D eigenvalue weighted by molar-refractivity contribution is 5.92. The number of hydrogen-bond acceptors (Lipinski definition) is 8. The molecule has 10 atom stereocenters. The van der Waals surface area contributed by atoms with Crippen molar-refractivity contribution in [2.75, 3.05) is 26.2 Å². The van der Waals surface area contributed by atoms with E-state index in [1.807, 2.05) is 0 Å². The minimum atomic E-state index is -0.248. The number of aromatic nitrogens is 4. The highest BCUT2D eigenvalue weighted by Crippen LogP contribution is 2.47. The molecule has 9 heterocycles. The summed E-state index contributed by atoms with van der Waals surface area (Å²) in [5.41, 5.74) is 11.2. The number of nitrogens with zero attached hydrogens (tertiary/aromatic N) is 6. The summed E-state index contributed by atoms with van der Waals surface area (Å²) in [5, 5.41) is 14.2. The van der Waals surface area contributed by atoms with Gasteiger partial charge in [0.05, 0.1) is 33.9 Å². The number of fused-ring (bicyclic) bond motifs is 9. The van der Waals surface area contributed by atoms with Crippen LogP contribution < -0.4 is 9.47 Å². The van der Waals surface area contributed by atoms with Gasteiger partial charge in [0.15, 0.2) is 0 Å². The molecule has 0 amide bonds. The Balaban J connectivity index is 1.11. The lowest BCUT2D eigenvalue weighted by atomic mass is 9.74. The van der Waals surface area contributed by atoms with Crippen molar-refractivity contribution in [2.45, 2.75) is 105 Å². The van der Waals surface area contributed by atoms with Gasteiger partial charge in [-0.05, 0) is 164 Å². The summed E-state index contributed by atoms with van der Waals surface area (Å²) >= 11 is 0. The summed E-state index contributed by atoms with van der Waals surface area (Å²) in [6.45, 7) is 22.1. The Morgan fingerprint density at radius 3 is 1.36 bits per heavy atom. The second kappa shape index (κ2) is 14.6. The molecule has 4 bridgehead atoms. The maximum absolute atomic E-state index is 7.42. The van der Waals surface area contributed by atoms with Crippen molar-refractivity contribution in [3.05, 3.63) is 105 Å². The molecule has 3 aromatic heterocycles. The van der Waals surface area contributed by atoms with Gasteiger partial charge >= 0.3 is 0 Å². The third kappa shape index (κ3) is 6.61. The largest absolute Gasteiger partial charge is 0.466 e. The third-order valence-electron chi connectivity index (χ3n) is 14.6. The molecule has 300 valence electrons. The van der Waals surface area contributed by atoms with E-state index in [-0.39, 0.29) is 24.3 Å². The number of rotatable bonds is 8. The van der Waals surface area contributed by atoms with Crippen LogP contribution in [0, 0.1) is 65.2 Å². The zero-order valence-corrected chi connectivity index (χ0v) is 35.5. The van der Waals surface area contributed by atoms with Crippen LogP contribution in [0.15, 0.2) is 60.7 Å². The van der Waals surface area contributed by atoms with Gasteiger partial charge in [-0.1, -0.05) is 37.1 Å². The SMILES string of the molecule is Cc1ccc2nc(C)cc([C@@H](Oc3nnc(O[C@H](c4cc(C)nc5ccc(C)cc45)[C@@H]4CC5CCN4CC5C)c4cc(C)c(C)cc34)C3C[C@H]4CCN3CC4C)c2c1. The standard InChI is InChI=1S/C50H58N6O2/c1-27-9-11-43-37(17-27)39(21-33(7)51-43)47(45-23-35-13-15-55(45)25-31(35)5)57-49-41-19-29(3)30(4)20-42(41)50(54-53-49)58-48(46-24-36-14-16-56(46)26-32(36)6)40-22-34(8)52-44-12-10-28(2)18-38(40)44/h9-12,17-22,31-32,35-36,45-48H,13-16,23-26H2,1-8H3/t31?,32?,35-,36?,45?,46+,47-,48-/m1/s1. The van der Waals surface area contributed by atoms with E-state index in [4.69, 9.17) is 29.6 Å². The number of ether oxygens (including phenoxy) is 2. The topological polar surface area (TPSA) is 76.5 Å². The molecule has 8 nitrogen and oxygen atoms in total. The summed E-state index contributed by atoms with van der Waals surface area (Å²) in [6.07, 6.45) is 4.20. The molecule has 8 heteroatoms. The molecule has 0 radical (unpaired) electrons. The fraction of sp³-hybridized carbons (Fsp3) is 0.480. The maximum Gasteiger partial charge on any atom is 0.242 e. The fourth-order valence-electron chi connectivity index (χ4n) is 11.3. The normalized spacial score (nSPS) is 27.7. The number of benzene rings is 3. The highest BCUT2D eigenvalue weighted by atomic mass is 16.5. The molecule has 6 saturated heterocycles. The van der Waals surface area contributed by atoms with E-state index in [0.717, 1.165) is 83.0 Å². The Hall–Kier alpha value is -4.66. The molecule has 58 heavy (non-hydrogen) atoms. The summed E-state index contributed by atoms with van der Waals surface area (Å²) in [7, 11) is 0. The Labute approximate surface area is 343 Å². The monoisotopic (exact) mass is 774 g/mol. The van der Waals surface area contributed by atoms with E-state index in [0.29, 0.717) is 35.4 Å². The van der Waals surface area contributed by atoms with Gasteiger partial charge in [-0.2, -0.15) is 0 Å². The van der Waals surface area contributed by atoms with Crippen LogP contribution in [0.4, 0.5) is 0 Å². The van der Waals surface area contributed by atoms with Gasteiger partial charge in [-0.3, -0.25) is 19.8 Å². The molecule has 12 rings (SSSR count). The van der Waals surface area contributed by atoms with Gasteiger partial charge in [-0.15, -0.1) is 10.2 Å². The molecule has 3 aromatic carbocycles. The summed E-state index contributed by atoms with van der Waals surface area (Å²) in [6, 6.07) is 22.6. The van der Waals surface area contributed by atoms with E-state index >= 15 is 0 Å². The van der Waals surface area contributed by atoms with Crippen LogP contribution in [0.3, 0.4) is 0 Å². The van der Waals surface area contributed by atoms with Crippen molar-refractivity contribution < 1.29 is 9.47 Å². The van der Waals surface area contributed by atoms with Gasteiger partial charge in [-0.25, -0.2) is 0 Å². The Morgan fingerprint density at radius 1 is 0.552 bits per heavy atom. The summed E-state index contributed by atoms with van der Waals surface area (Å²) in [4.78, 5) is 15.3. The van der Waals surface area contributed by atoms with Gasteiger partial charge in [0.1, 0.15) is 12.2 Å². The molecular weight excluding hydrogens is 717 g/mol. The maximum atomic E-state index is 7.42. The number of aryl methyl sites for hydroxylation is 6. The Bertz CT molecular complexity index is 2400. The molecule has 0 aliphatic carbocycles. The van der Waals surface area contributed by atoms with E-state index in [9.17, 15) is 0 Å². The molecule has 6 aliphatic rings. The Morgan fingerprint density at radius 2 is 0.983 bits per heavy atom. The smallest absolute Gasteiger partial charge is 0.242 e.